The Morgan fingerprint density at radius 1 is 1.38 bits per heavy atom. The van der Waals surface area contributed by atoms with Crippen LogP contribution < -0.4 is 5.73 Å². The second-order valence-electron chi connectivity index (χ2n) is 4.44. The SMILES string of the molecule is CN1CC(F)(F)CC1c1ccc(CN)cc1. The first-order valence-electron chi connectivity index (χ1n) is 5.39. The maximum absolute atomic E-state index is 13.2. The molecule has 1 fully saturated rings. The summed E-state index contributed by atoms with van der Waals surface area (Å²) in [4.78, 5) is 1.71. The van der Waals surface area contributed by atoms with Crippen LogP contribution in [0.1, 0.15) is 23.6 Å². The van der Waals surface area contributed by atoms with E-state index in [1.165, 1.54) is 0 Å². The fraction of sp³-hybridized carbons (Fsp3) is 0.500. The lowest BCUT2D eigenvalue weighted by atomic mass is 10.0. The summed E-state index contributed by atoms with van der Waals surface area (Å²) in [7, 11) is 1.74. The van der Waals surface area contributed by atoms with Gasteiger partial charge in [0.1, 0.15) is 0 Å². The molecule has 0 amide bonds. The number of hydrogen-bond donors (Lipinski definition) is 1. The smallest absolute Gasteiger partial charge is 0.262 e. The van der Waals surface area contributed by atoms with Gasteiger partial charge in [0.25, 0.3) is 5.92 Å². The van der Waals surface area contributed by atoms with Gasteiger partial charge in [0.15, 0.2) is 0 Å². The van der Waals surface area contributed by atoms with E-state index in [1.807, 2.05) is 24.3 Å². The van der Waals surface area contributed by atoms with Crippen LogP contribution >= 0.6 is 0 Å². The Morgan fingerprint density at radius 3 is 2.44 bits per heavy atom. The first kappa shape index (κ1) is 11.5. The van der Waals surface area contributed by atoms with Gasteiger partial charge in [-0.2, -0.15) is 0 Å². The highest BCUT2D eigenvalue weighted by molar-refractivity contribution is 5.26. The standard InChI is InChI=1S/C12H16F2N2/c1-16-8-12(13,14)6-11(16)10-4-2-9(7-15)3-5-10/h2-5,11H,6-8,15H2,1H3. The van der Waals surface area contributed by atoms with Gasteiger partial charge in [-0.25, -0.2) is 8.78 Å². The summed E-state index contributed by atoms with van der Waals surface area (Å²) in [6, 6.07) is 7.41. The van der Waals surface area contributed by atoms with Gasteiger partial charge in [-0.1, -0.05) is 24.3 Å². The van der Waals surface area contributed by atoms with Gasteiger partial charge in [-0.3, -0.25) is 4.90 Å². The normalized spacial score (nSPS) is 24.9. The van der Waals surface area contributed by atoms with Crippen molar-refractivity contribution in [3.05, 3.63) is 35.4 Å². The van der Waals surface area contributed by atoms with Gasteiger partial charge in [-0.05, 0) is 18.2 Å². The van der Waals surface area contributed by atoms with Crippen molar-refractivity contribution in [2.75, 3.05) is 13.6 Å². The third-order valence-corrected chi connectivity index (χ3v) is 3.10. The van der Waals surface area contributed by atoms with Crippen LogP contribution in [0.5, 0.6) is 0 Å². The number of likely N-dealkylation sites (tertiary alicyclic amines) is 1. The van der Waals surface area contributed by atoms with E-state index in [-0.39, 0.29) is 19.0 Å². The van der Waals surface area contributed by atoms with Crippen molar-refractivity contribution in [3.63, 3.8) is 0 Å². The first-order valence-corrected chi connectivity index (χ1v) is 5.39. The molecule has 0 saturated carbocycles. The highest BCUT2D eigenvalue weighted by atomic mass is 19.3. The quantitative estimate of drug-likeness (QED) is 0.837. The third kappa shape index (κ3) is 2.23. The maximum Gasteiger partial charge on any atom is 0.262 e. The molecule has 2 N–H and O–H groups in total. The molecule has 2 nitrogen and oxygen atoms in total. The molecule has 1 aromatic rings. The largest absolute Gasteiger partial charge is 0.326 e. The van der Waals surface area contributed by atoms with Crippen molar-refractivity contribution in [2.45, 2.75) is 24.9 Å². The molecule has 2 rings (SSSR count). The minimum Gasteiger partial charge on any atom is -0.326 e. The van der Waals surface area contributed by atoms with Crippen LogP contribution in [0.2, 0.25) is 0 Å². The Balaban J connectivity index is 2.18. The molecule has 88 valence electrons. The number of nitrogens with zero attached hydrogens (tertiary/aromatic N) is 1. The third-order valence-electron chi connectivity index (χ3n) is 3.10. The van der Waals surface area contributed by atoms with Gasteiger partial charge in [-0.15, -0.1) is 0 Å². The molecule has 0 aromatic heterocycles. The number of alkyl halides is 2. The minimum atomic E-state index is -2.56. The predicted molar refractivity (Wildman–Crippen MR) is 59.3 cm³/mol. The van der Waals surface area contributed by atoms with Crippen molar-refractivity contribution in [1.82, 2.24) is 4.90 Å². The Labute approximate surface area is 94.0 Å². The van der Waals surface area contributed by atoms with Crippen molar-refractivity contribution in [3.8, 4) is 0 Å². The molecule has 1 heterocycles. The maximum atomic E-state index is 13.2. The van der Waals surface area contributed by atoms with Crippen LogP contribution in [-0.2, 0) is 6.54 Å². The molecule has 1 aromatic carbocycles. The van der Waals surface area contributed by atoms with Crippen LogP contribution in [0, 0.1) is 0 Å². The first-order chi connectivity index (χ1) is 7.52. The van der Waals surface area contributed by atoms with Gasteiger partial charge in [0.2, 0.25) is 0 Å². The Morgan fingerprint density at radius 2 is 2.00 bits per heavy atom. The highest BCUT2D eigenvalue weighted by Gasteiger charge is 2.43. The number of nitrogens with two attached hydrogens (primary N) is 1. The zero-order valence-corrected chi connectivity index (χ0v) is 9.29. The molecule has 1 aliphatic heterocycles. The molecule has 1 aliphatic rings. The fourth-order valence-electron chi connectivity index (χ4n) is 2.23. The molecule has 16 heavy (non-hydrogen) atoms. The van der Waals surface area contributed by atoms with E-state index in [0.29, 0.717) is 6.54 Å². The highest BCUT2D eigenvalue weighted by Crippen LogP contribution is 2.39. The van der Waals surface area contributed by atoms with Crippen molar-refractivity contribution < 1.29 is 8.78 Å². The summed E-state index contributed by atoms with van der Waals surface area (Å²) in [6.07, 6.45) is -0.0918. The number of halogens is 2. The zero-order valence-electron chi connectivity index (χ0n) is 9.29. The molecule has 0 bridgehead atoms. The van der Waals surface area contributed by atoms with E-state index in [9.17, 15) is 8.78 Å². The molecule has 4 heteroatoms. The van der Waals surface area contributed by atoms with Gasteiger partial charge in [0.05, 0.1) is 6.54 Å². The summed E-state index contributed by atoms with van der Waals surface area (Å²) < 4.78 is 26.4. The lowest BCUT2D eigenvalue weighted by Gasteiger charge is -2.18. The summed E-state index contributed by atoms with van der Waals surface area (Å²) in [5.74, 6) is -2.56. The molecule has 0 spiro atoms. The molecule has 0 radical (unpaired) electrons. The van der Waals surface area contributed by atoms with Gasteiger partial charge in [0, 0.05) is 19.0 Å². The summed E-state index contributed by atoms with van der Waals surface area (Å²) in [6.45, 7) is 0.327. The average molecular weight is 226 g/mol. The summed E-state index contributed by atoms with van der Waals surface area (Å²) >= 11 is 0. The van der Waals surface area contributed by atoms with Crippen molar-refractivity contribution >= 4 is 0 Å². The van der Waals surface area contributed by atoms with Crippen molar-refractivity contribution in [2.24, 2.45) is 5.73 Å². The second-order valence-corrected chi connectivity index (χ2v) is 4.44. The fourth-order valence-corrected chi connectivity index (χ4v) is 2.23. The van der Waals surface area contributed by atoms with E-state index < -0.39 is 5.92 Å². The van der Waals surface area contributed by atoms with E-state index in [1.54, 1.807) is 11.9 Å². The minimum absolute atomic E-state index is 0.0918. The van der Waals surface area contributed by atoms with Crippen molar-refractivity contribution in [1.29, 1.82) is 0 Å². The van der Waals surface area contributed by atoms with Crippen LogP contribution in [0.4, 0.5) is 8.78 Å². The Hall–Kier alpha value is -1.00. The molecular formula is C12H16F2N2. The number of hydrogen-bond acceptors (Lipinski definition) is 2. The molecular weight excluding hydrogens is 210 g/mol. The number of rotatable bonds is 2. The zero-order chi connectivity index (χ0) is 11.8. The van der Waals surface area contributed by atoms with Crippen LogP contribution in [0.25, 0.3) is 0 Å². The predicted octanol–water partition coefficient (Wildman–Crippen LogP) is 2.16. The van der Waals surface area contributed by atoms with E-state index in [0.717, 1.165) is 11.1 Å². The van der Waals surface area contributed by atoms with Crippen LogP contribution in [0.15, 0.2) is 24.3 Å². The average Bonchev–Trinajstić information content (AvgIpc) is 2.52. The van der Waals surface area contributed by atoms with Crippen LogP contribution in [0.3, 0.4) is 0 Å². The summed E-state index contributed by atoms with van der Waals surface area (Å²) in [5.41, 5.74) is 7.46. The van der Waals surface area contributed by atoms with Gasteiger partial charge < -0.3 is 5.73 Å². The van der Waals surface area contributed by atoms with Crippen LogP contribution in [-0.4, -0.2) is 24.4 Å². The lowest BCUT2D eigenvalue weighted by molar-refractivity contribution is 0.0140. The second kappa shape index (κ2) is 4.11. The molecule has 1 atom stereocenters. The van der Waals surface area contributed by atoms with E-state index in [2.05, 4.69) is 0 Å². The van der Waals surface area contributed by atoms with E-state index in [4.69, 9.17) is 5.73 Å². The topological polar surface area (TPSA) is 29.3 Å². The molecule has 0 aliphatic carbocycles. The summed E-state index contributed by atoms with van der Waals surface area (Å²) in [5, 5.41) is 0. The Bertz CT molecular complexity index is 362. The lowest BCUT2D eigenvalue weighted by Crippen LogP contribution is -2.22. The monoisotopic (exact) mass is 226 g/mol. The number of benzene rings is 1. The molecule has 1 unspecified atom stereocenters. The van der Waals surface area contributed by atoms with Gasteiger partial charge >= 0.3 is 0 Å². The van der Waals surface area contributed by atoms with E-state index >= 15 is 0 Å². The Kier molecular flexibility index (Phi) is 2.95. The molecule has 1 saturated heterocycles.